The van der Waals surface area contributed by atoms with Crippen LogP contribution in [0.3, 0.4) is 0 Å². The third-order valence-electron chi connectivity index (χ3n) is 4.24. The van der Waals surface area contributed by atoms with E-state index in [-0.39, 0.29) is 5.76 Å². The fraction of sp³-hybridized carbons (Fsp3) is 0.667. The van der Waals surface area contributed by atoms with E-state index in [2.05, 4.69) is 19.2 Å². The molecule has 1 aliphatic carbocycles. The van der Waals surface area contributed by atoms with Gasteiger partial charge in [0.1, 0.15) is 0 Å². The molecule has 0 saturated heterocycles. The first-order chi connectivity index (χ1) is 9.31. The van der Waals surface area contributed by atoms with Gasteiger partial charge >= 0.3 is 5.97 Å². The molecule has 0 amide bonds. The summed E-state index contributed by atoms with van der Waals surface area (Å²) in [5.41, 5.74) is 0.243. The second kappa shape index (κ2) is 5.58. The van der Waals surface area contributed by atoms with Gasteiger partial charge in [0.15, 0.2) is 0 Å². The fourth-order valence-electron chi connectivity index (χ4n) is 2.66. The van der Waals surface area contributed by atoms with Gasteiger partial charge in [-0.05, 0) is 37.2 Å². The zero-order valence-electron chi connectivity index (χ0n) is 12.1. The van der Waals surface area contributed by atoms with Crippen molar-refractivity contribution in [2.24, 2.45) is 5.41 Å². The molecule has 2 rings (SSSR count). The average Bonchev–Trinajstić information content (AvgIpc) is 2.82. The lowest BCUT2D eigenvalue weighted by atomic mass is 9.71. The topological polar surface area (TPSA) is 82.7 Å². The Morgan fingerprint density at radius 1 is 1.35 bits per heavy atom. The van der Waals surface area contributed by atoms with Gasteiger partial charge in [0.05, 0.1) is 11.9 Å². The number of hydrogen-bond acceptors (Lipinski definition) is 4. The van der Waals surface area contributed by atoms with Gasteiger partial charge in [-0.25, -0.2) is 4.79 Å². The van der Waals surface area contributed by atoms with Gasteiger partial charge in [-0.3, -0.25) is 0 Å². The highest BCUT2D eigenvalue weighted by Crippen LogP contribution is 2.39. The number of nitrogens with one attached hydrogen (secondary N) is 1. The summed E-state index contributed by atoms with van der Waals surface area (Å²) in [6, 6.07) is 1.64. The number of carboxylic acid groups (broad SMARTS) is 1. The standard InChI is InChI=1S/C15H23NO4/c1-14(2)4-6-15(19,7-5-14)10-16-9-11-3-8-20-12(11)13(17)18/h3,8,16,19H,4-7,9-10H2,1-2H3,(H,17,18). The van der Waals surface area contributed by atoms with E-state index >= 15 is 0 Å². The van der Waals surface area contributed by atoms with E-state index in [9.17, 15) is 9.90 Å². The van der Waals surface area contributed by atoms with Crippen LogP contribution in [-0.2, 0) is 6.54 Å². The number of carboxylic acids is 1. The predicted octanol–water partition coefficient (Wildman–Crippen LogP) is 2.40. The Hall–Kier alpha value is -1.33. The number of furan rings is 1. The van der Waals surface area contributed by atoms with Crippen LogP contribution in [0.4, 0.5) is 0 Å². The first-order valence-corrected chi connectivity index (χ1v) is 7.04. The highest BCUT2D eigenvalue weighted by atomic mass is 16.4. The summed E-state index contributed by atoms with van der Waals surface area (Å²) < 4.78 is 4.92. The minimum atomic E-state index is -1.06. The second-order valence-electron chi connectivity index (χ2n) is 6.57. The Labute approximate surface area is 119 Å². The minimum absolute atomic E-state index is 0.0331. The zero-order chi connectivity index (χ0) is 14.8. The normalized spacial score (nSPS) is 20.8. The van der Waals surface area contributed by atoms with Gasteiger partial charge in [0.25, 0.3) is 0 Å². The number of rotatable bonds is 5. The van der Waals surface area contributed by atoms with Crippen LogP contribution in [0.5, 0.6) is 0 Å². The Balaban J connectivity index is 1.84. The van der Waals surface area contributed by atoms with Crippen molar-refractivity contribution >= 4 is 5.97 Å². The van der Waals surface area contributed by atoms with Crippen molar-refractivity contribution < 1.29 is 19.4 Å². The summed E-state index contributed by atoms with van der Waals surface area (Å²) in [5, 5.41) is 22.6. The first-order valence-electron chi connectivity index (χ1n) is 7.04. The molecule has 0 aromatic carbocycles. The summed E-state index contributed by atoms with van der Waals surface area (Å²) in [6.45, 7) is 5.33. The molecule has 1 saturated carbocycles. The molecule has 0 radical (unpaired) electrons. The molecule has 0 aliphatic heterocycles. The van der Waals surface area contributed by atoms with Gasteiger partial charge in [0.2, 0.25) is 5.76 Å². The second-order valence-corrected chi connectivity index (χ2v) is 6.57. The van der Waals surface area contributed by atoms with E-state index in [1.54, 1.807) is 6.07 Å². The largest absolute Gasteiger partial charge is 0.475 e. The van der Waals surface area contributed by atoms with Crippen molar-refractivity contribution in [1.82, 2.24) is 5.32 Å². The van der Waals surface area contributed by atoms with Crippen molar-refractivity contribution in [3.8, 4) is 0 Å². The summed E-state index contributed by atoms with van der Waals surface area (Å²) in [5.74, 6) is -1.10. The van der Waals surface area contributed by atoms with Crippen LogP contribution in [-0.4, -0.2) is 28.3 Å². The zero-order valence-corrected chi connectivity index (χ0v) is 12.1. The van der Waals surface area contributed by atoms with Gasteiger partial charge in [-0.1, -0.05) is 13.8 Å². The number of aromatic carboxylic acids is 1. The quantitative estimate of drug-likeness (QED) is 0.772. The third-order valence-corrected chi connectivity index (χ3v) is 4.24. The first kappa shape index (κ1) is 15.1. The van der Waals surface area contributed by atoms with E-state index in [0.29, 0.717) is 24.1 Å². The molecule has 1 aliphatic rings. The lowest BCUT2D eigenvalue weighted by Gasteiger charge is -2.40. The highest BCUT2D eigenvalue weighted by molar-refractivity contribution is 5.86. The summed E-state index contributed by atoms with van der Waals surface area (Å²) in [7, 11) is 0. The predicted molar refractivity (Wildman–Crippen MR) is 74.6 cm³/mol. The van der Waals surface area contributed by atoms with E-state index < -0.39 is 11.6 Å². The van der Waals surface area contributed by atoms with Crippen LogP contribution in [0.15, 0.2) is 16.7 Å². The fourth-order valence-corrected chi connectivity index (χ4v) is 2.66. The molecule has 0 bridgehead atoms. The van der Waals surface area contributed by atoms with Gasteiger partial charge in [0, 0.05) is 18.7 Å². The minimum Gasteiger partial charge on any atom is -0.475 e. The van der Waals surface area contributed by atoms with Crippen LogP contribution in [0, 0.1) is 5.41 Å². The Morgan fingerprint density at radius 2 is 2.00 bits per heavy atom. The van der Waals surface area contributed by atoms with Crippen LogP contribution in [0.25, 0.3) is 0 Å². The lowest BCUT2D eigenvalue weighted by molar-refractivity contribution is -0.0245. The van der Waals surface area contributed by atoms with Gasteiger partial charge < -0.3 is 19.9 Å². The Kier molecular flexibility index (Phi) is 4.20. The number of aliphatic hydroxyl groups is 1. The molecule has 0 spiro atoms. The van der Waals surface area contributed by atoms with Crippen molar-refractivity contribution in [3.63, 3.8) is 0 Å². The number of carbonyl (C=O) groups is 1. The Bertz CT molecular complexity index is 468. The number of hydrogen-bond donors (Lipinski definition) is 3. The van der Waals surface area contributed by atoms with E-state index in [0.717, 1.165) is 25.7 Å². The maximum absolute atomic E-state index is 10.9. The molecule has 1 heterocycles. The average molecular weight is 281 g/mol. The molecule has 112 valence electrons. The van der Waals surface area contributed by atoms with Crippen LogP contribution < -0.4 is 5.32 Å². The summed E-state index contributed by atoms with van der Waals surface area (Å²) in [4.78, 5) is 10.9. The van der Waals surface area contributed by atoms with Gasteiger partial charge in [-0.2, -0.15) is 0 Å². The summed E-state index contributed by atoms with van der Waals surface area (Å²) >= 11 is 0. The maximum atomic E-state index is 10.9. The maximum Gasteiger partial charge on any atom is 0.372 e. The van der Waals surface area contributed by atoms with Crippen molar-refractivity contribution in [3.05, 3.63) is 23.7 Å². The van der Waals surface area contributed by atoms with Crippen LogP contribution in [0.1, 0.15) is 55.6 Å². The SMILES string of the molecule is CC1(C)CCC(O)(CNCc2ccoc2C(=O)O)CC1. The molecule has 5 nitrogen and oxygen atoms in total. The Morgan fingerprint density at radius 3 is 2.60 bits per heavy atom. The third kappa shape index (κ3) is 3.61. The smallest absolute Gasteiger partial charge is 0.372 e. The molecule has 1 aromatic heterocycles. The van der Waals surface area contributed by atoms with Crippen molar-refractivity contribution in [1.29, 1.82) is 0 Å². The van der Waals surface area contributed by atoms with Crippen molar-refractivity contribution in [2.45, 2.75) is 51.7 Å². The monoisotopic (exact) mass is 281 g/mol. The molecule has 5 heteroatoms. The summed E-state index contributed by atoms with van der Waals surface area (Å²) in [6.07, 6.45) is 4.96. The molecular formula is C15H23NO4. The lowest BCUT2D eigenvalue weighted by Crippen LogP contribution is -2.44. The van der Waals surface area contributed by atoms with Crippen molar-refractivity contribution in [2.75, 3.05) is 6.54 Å². The molecular weight excluding hydrogens is 258 g/mol. The van der Waals surface area contributed by atoms with Crippen LogP contribution >= 0.6 is 0 Å². The van der Waals surface area contributed by atoms with E-state index in [4.69, 9.17) is 9.52 Å². The molecule has 0 unspecified atom stereocenters. The highest BCUT2D eigenvalue weighted by Gasteiger charge is 2.36. The van der Waals surface area contributed by atoms with E-state index in [1.807, 2.05) is 0 Å². The molecule has 1 aromatic rings. The van der Waals surface area contributed by atoms with E-state index in [1.165, 1.54) is 6.26 Å². The molecule has 0 atom stereocenters. The van der Waals surface area contributed by atoms with Crippen LogP contribution in [0.2, 0.25) is 0 Å². The molecule has 1 fully saturated rings. The molecule has 3 N–H and O–H groups in total. The molecule has 20 heavy (non-hydrogen) atoms. The van der Waals surface area contributed by atoms with Gasteiger partial charge in [-0.15, -0.1) is 0 Å².